The van der Waals surface area contributed by atoms with Gasteiger partial charge in [-0.2, -0.15) is 0 Å². The molecule has 64 valence electrons. The van der Waals surface area contributed by atoms with Gasteiger partial charge in [-0.15, -0.1) is 11.3 Å². The zero-order valence-electron chi connectivity index (χ0n) is 7.17. The smallest absolute Gasteiger partial charge is 0.0862 e. The number of thiophene rings is 1. The van der Waals surface area contributed by atoms with E-state index in [1.54, 1.807) is 7.11 Å². The molecule has 0 amide bonds. The Bertz CT molecular complexity index is 299. The van der Waals surface area contributed by atoms with Gasteiger partial charge in [-0.05, 0) is 41.8 Å². The molecule has 0 atom stereocenters. The van der Waals surface area contributed by atoms with Crippen molar-refractivity contribution in [2.45, 2.75) is 19.3 Å². The van der Waals surface area contributed by atoms with Gasteiger partial charge in [0, 0.05) is 4.88 Å². The second-order valence-electron chi connectivity index (χ2n) is 2.99. The lowest BCUT2D eigenvalue weighted by molar-refractivity contribution is 0.338. The van der Waals surface area contributed by atoms with Gasteiger partial charge in [0.15, 0.2) is 0 Å². The summed E-state index contributed by atoms with van der Waals surface area (Å²) in [4.78, 5) is 1.52. The maximum Gasteiger partial charge on any atom is 0.0862 e. The number of hydrogen-bond donors (Lipinski definition) is 0. The molecule has 0 saturated carbocycles. The molecule has 1 aromatic rings. The summed E-state index contributed by atoms with van der Waals surface area (Å²) in [6, 6.07) is 2.20. The van der Waals surface area contributed by atoms with E-state index in [2.05, 4.69) is 11.4 Å². The highest BCUT2D eigenvalue weighted by atomic mass is 32.1. The van der Waals surface area contributed by atoms with Gasteiger partial charge in [-0.1, -0.05) is 0 Å². The third-order valence-corrected chi connectivity index (χ3v) is 3.18. The molecule has 0 aliphatic heterocycles. The van der Waals surface area contributed by atoms with Crippen molar-refractivity contribution in [2.24, 2.45) is 0 Å². The fourth-order valence-electron chi connectivity index (χ4n) is 1.66. The Kier molecular flexibility index (Phi) is 2.17. The maximum atomic E-state index is 5.05. The van der Waals surface area contributed by atoms with Crippen LogP contribution in [0.4, 0.5) is 0 Å². The topological polar surface area (TPSA) is 9.23 Å². The molecule has 2 rings (SSSR count). The van der Waals surface area contributed by atoms with Gasteiger partial charge in [0.1, 0.15) is 0 Å². The molecule has 0 N–H and O–H groups in total. The summed E-state index contributed by atoms with van der Waals surface area (Å²) in [6.07, 6.45) is 5.55. The van der Waals surface area contributed by atoms with Gasteiger partial charge in [0.05, 0.1) is 13.4 Å². The number of allylic oxidation sites excluding steroid dienone is 1. The molecule has 0 fully saturated rings. The summed E-state index contributed by atoms with van der Waals surface area (Å²) in [5.74, 6) is 0. The summed E-state index contributed by atoms with van der Waals surface area (Å²) >= 11 is 1.86. The van der Waals surface area contributed by atoms with Crippen LogP contribution in [-0.2, 0) is 11.2 Å². The molecule has 12 heavy (non-hydrogen) atoms. The van der Waals surface area contributed by atoms with Crippen LogP contribution in [0.15, 0.2) is 17.7 Å². The van der Waals surface area contributed by atoms with E-state index in [0.717, 1.165) is 6.42 Å². The van der Waals surface area contributed by atoms with E-state index in [4.69, 9.17) is 4.74 Å². The van der Waals surface area contributed by atoms with Gasteiger partial charge < -0.3 is 4.74 Å². The van der Waals surface area contributed by atoms with E-state index < -0.39 is 0 Å². The predicted molar refractivity (Wildman–Crippen MR) is 52.2 cm³/mol. The van der Waals surface area contributed by atoms with Gasteiger partial charge in [-0.3, -0.25) is 0 Å². The van der Waals surface area contributed by atoms with Crippen molar-refractivity contribution in [3.05, 3.63) is 28.1 Å². The fourth-order valence-corrected chi connectivity index (χ4v) is 2.62. The lowest BCUT2D eigenvalue weighted by Crippen LogP contribution is -1.97. The molecule has 1 nitrogen and oxygen atoms in total. The molecule has 1 aliphatic rings. The van der Waals surface area contributed by atoms with Crippen molar-refractivity contribution in [3.8, 4) is 0 Å². The molecular weight excluding hydrogens is 168 g/mol. The minimum Gasteiger partial charge on any atom is -0.504 e. The van der Waals surface area contributed by atoms with Crippen LogP contribution in [0.1, 0.15) is 23.3 Å². The first-order valence-electron chi connectivity index (χ1n) is 4.20. The highest BCUT2D eigenvalue weighted by Gasteiger charge is 2.14. The molecule has 0 aromatic carbocycles. The first-order valence-corrected chi connectivity index (χ1v) is 5.08. The second kappa shape index (κ2) is 3.31. The van der Waals surface area contributed by atoms with E-state index in [0.29, 0.717) is 0 Å². The molecule has 1 aliphatic carbocycles. The Labute approximate surface area is 76.7 Å². The third kappa shape index (κ3) is 1.27. The summed E-state index contributed by atoms with van der Waals surface area (Å²) in [5, 5.41) is 2.17. The largest absolute Gasteiger partial charge is 0.504 e. The lowest BCUT2D eigenvalue weighted by Gasteiger charge is -2.13. The van der Waals surface area contributed by atoms with E-state index in [1.165, 1.54) is 28.9 Å². The minimum atomic E-state index is 1.16. The van der Waals surface area contributed by atoms with Gasteiger partial charge in [0.2, 0.25) is 0 Å². The van der Waals surface area contributed by atoms with E-state index in [-0.39, 0.29) is 0 Å². The van der Waals surface area contributed by atoms with Crippen LogP contribution in [0.25, 0.3) is 5.57 Å². The Morgan fingerprint density at radius 1 is 1.50 bits per heavy atom. The summed E-state index contributed by atoms with van der Waals surface area (Å²) in [6.45, 7) is 0. The highest BCUT2D eigenvalue weighted by molar-refractivity contribution is 7.10. The number of aryl methyl sites for hydroxylation is 1. The van der Waals surface area contributed by atoms with Crippen molar-refractivity contribution < 1.29 is 4.74 Å². The Balaban J connectivity index is 2.38. The van der Waals surface area contributed by atoms with Crippen LogP contribution < -0.4 is 0 Å². The van der Waals surface area contributed by atoms with Crippen LogP contribution in [-0.4, -0.2) is 7.11 Å². The molecule has 0 bridgehead atoms. The van der Waals surface area contributed by atoms with Crippen LogP contribution >= 0.6 is 11.3 Å². The van der Waals surface area contributed by atoms with Crippen LogP contribution in [0.3, 0.4) is 0 Å². The normalized spacial score (nSPS) is 19.2. The van der Waals surface area contributed by atoms with Gasteiger partial charge >= 0.3 is 0 Å². The zero-order valence-corrected chi connectivity index (χ0v) is 7.99. The highest BCUT2D eigenvalue weighted by Crippen LogP contribution is 2.33. The van der Waals surface area contributed by atoms with Crippen LogP contribution in [0.2, 0.25) is 0 Å². The zero-order chi connectivity index (χ0) is 8.39. The fraction of sp³-hybridized carbons (Fsp3) is 0.400. The average Bonchev–Trinajstić information content (AvgIpc) is 2.53. The molecule has 0 saturated heterocycles. The lowest BCUT2D eigenvalue weighted by atomic mass is 9.95. The number of fused-ring (bicyclic) bond motifs is 1. The van der Waals surface area contributed by atoms with Crippen molar-refractivity contribution in [1.82, 2.24) is 0 Å². The van der Waals surface area contributed by atoms with Crippen molar-refractivity contribution in [3.63, 3.8) is 0 Å². The quantitative estimate of drug-likeness (QED) is 0.603. The first kappa shape index (κ1) is 7.87. The Morgan fingerprint density at radius 2 is 2.42 bits per heavy atom. The third-order valence-electron chi connectivity index (χ3n) is 2.20. The summed E-state index contributed by atoms with van der Waals surface area (Å²) in [7, 11) is 1.72. The average molecular weight is 180 g/mol. The van der Waals surface area contributed by atoms with E-state index in [1.807, 2.05) is 17.6 Å². The monoisotopic (exact) mass is 180 g/mol. The van der Waals surface area contributed by atoms with Gasteiger partial charge in [-0.25, -0.2) is 0 Å². The van der Waals surface area contributed by atoms with Crippen molar-refractivity contribution in [2.75, 3.05) is 7.11 Å². The second-order valence-corrected chi connectivity index (χ2v) is 3.99. The molecule has 0 unspecified atom stereocenters. The predicted octanol–water partition coefficient (Wildman–Crippen LogP) is 3.07. The molecule has 0 spiro atoms. The summed E-state index contributed by atoms with van der Waals surface area (Å²) in [5.41, 5.74) is 2.77. The number of methoxy groups -OCH3 is 1. The van der Waals surface area contributed by atoms with Crippen molar-refractivity contribution in [1.29, 1.82) is 0 Å². The first-order chi connectivity index (χ1) is 5.92. The number of rotatable bonds is 1. The van der Waals surface area contributed by atoms with E-state index >= 15 is 0 Å². The standard InChI is InChI=1S/C10H12OS/c1-11-7-8-3-2-4-10-9(8)5-6-12-10/h5-7H,2-4H2,1H3/b8-7+. The van der Waals surface area contributed by atoms with Crippen LogP contribution in [0, 0.1) is 0 Å². The Hall–Kier alpha value is -0.760. The SMILES string of the molecule is CO/C=C1\CCCc2sccc21. The van der Waals surface area contributed by atoms with Crippen LogP contribution in [0.5, 0.6) is 0 Å². The molecule has 1 aromatic heterocycles. The van der Waals surface area contributed by atoms with E-state index in [9.17, 15) is 0 Å². The Morgan fingerprint density at radius 3 is 3.25 bits per heavy atom. The molecule has 1 heterocycles. The number of hydrogen-bond acceptors (Lipinski definition) is 2. The maximum absolute atomic E-state index is 5.05. The molecule has 2 heteroatoms. The molecule has 0 radical (unpaired) electrons. The minimum absolute atomic E-state index is 1.16. The summed E-state index contributed by atoms with van der Waals surface area (Å²) < 4.78 is 5.05. The van der Waals surface area contributed by atoms with Gasteiger partial charge in [0.25, 0.3) is 0 Å². The number of ether oxygens (including phenoxy) is 1. The van der Waals surface area contributed by atoms with Crippen molar-refractivity contribution >= 4 is 16.9 Å². The molecular formula is C10H12OS.